The lowest BCUT2D eigenvalue weighted by molar-refractivity contribution is 0.483. The molecule has 0 radical (unpaired) electrons. The third-order valence-electron chi connectivity index (χ3n) is 1.75. The van der Waals surface area contributed by atoms with Crippen LogP contribution in [-0.4, -0.2) is 17.3 Å². The van der Waals surface area contributed by atoms with Gasteiger partial charge in [-0.1, -0.05) is 11.5 Å². The molecular weight excluding hydrogens is 226 g/mol. The summed E-state index contributed by atoms with van der Waals surface area (Å²) in [6, 6.07) is 3.88. The fourth-order valence-electron chi connectivity index (χ4n) is 1.09. The van der Waals surface area contributed by atoms with E-state index in [0.717, 1.165) is 17.6 Å². The first kappa shape index (κ1) is 9.38. The average Bonchev–Trinajstić information content (AvgIpc) is 2.46. The molecule has 0 saturated carbocycles. The second kappa shape index (κ2) is 2.91. The Morgan fingerprint density at radius 2 is 2.07 bits per heavy atom. The summed E-state index contributed by atoms with van der Waals surface area (Å²) in [4.78, 5) is 10.9. The van der Waals surface area contributed by atoms with Gasteiger partial charge in [-0.05, 0) is 18.2 Å². The van der Waals surface area contributed by atoms with E-state index in [1.165, 1.54) is 12.1 Å². The highest BCUT2D eigenvalue weighted by Gasteiger charge is 2.11. The van der Waals surface area contributed by atoms with Gasteiger partial charge in [0.15, 0.2) is 0 Å². The minimum atomic E-state index is -4.24. The van der Waals surface area contributed by atoms with Gasteiger partial charge in [0.1, 0.15) is 0 Å². The minimum Gasteiger partial charge on any atom is -0.282 e. The first-order chi connectivity index (χ1) is 6.48. The fraction of sp³-hybridized carbons (Fsp3) is 0. The number of H-pyrrole nitrogens is 1. The van der Waals surface area contributed by atoms with Crippen LogP contribution in [0.2, 0.25) is 0 Å². The molecule has 0 fully saturated rings. The maximum Gasteiger partial charge on any atom is 0.294 e. The Morgan fingerprint density at radius 3 is 2.71 bits per heavy atom. The van der Waals surface area contributed by atoms with Gasteiger partial charge >= 0.3 is 0 Å². The van der Waals surface area contributed by atoms with Crippen molar-refractivity contribution in [3.63, 3.8) is 0 Å². The Kier molecular flexibility index (Phi) is 1.95. The van der Waals surface area contributed by atoms with Gasteiger partial charge in [0.2, 0.25) is 0 Å². The van der Waals surface area contributed by atoms with E-state index in [1.807, 2.05) is 0 Å². The quantitative estimate of drug-likeness (QED) is 0.712. The van der Waals surface area contributed by atoms with Gasteiger partial charge in [-0.15, -0.1) is 0 Å². The van der Waals surface area contributed by atoms with Crippen molar-refractivity contribution < 1.29 is 13.0 Å². The van der Waals surface area contributed by atoms with E-state index >= 15 is 0 Å². The van der Waals surface area contributed by atoms with Crippen LogP contribution in [0.15, 0.2) is 27.9 Å². The number of fused-ring (bicyclic) bond motifs is 1. The zero-order chi connectivity index (χ0) is 10.3. The van der Waals surface area contributed by atoms with Crippen LogP contribution in [-0.2, 0) is 10.1 Å². The molecule has 0 aliphatic carbocycles. The molecule has 2 rings (SSSR count). The van der Waals surface area contributed by atoms with Crippen LogP contribution in [0.5, 0.6) is 0 Å². The predicted octanol–water partition coefficient (Wildman–Crippen LogP) is 0.836. The molecule has 0 unspecified atom stereocenters. The van der Waals surface area contributed by atoms with E-state index in [1.54, 1.807) is 0 Å². The number of hydrogen-bond acceptors (Lipinski definition) is 4. The number of rotatable bonds is 1. The molecule has 0 atom stereocenters. The highest BCUT2D eigenvalue weighted by Crippen LogP contribution is 2.18. The Balaban J connectivity index is 2.86. The lowest BCUT2D eigenvalue weighted by Gasteiger charge is -1.94. The van der Waals surface area contributed by atoms with E-state index in [4.69, 9.17) is 4.55 Å². The van der Waals surface area contributed by atoms with Gasteiger partial charge in [0.05, 0.1) is 15.0 Å². The summed E-state index contributed by atoms with van der Waals surface area (Å²) in [5.41, 5.74) is -0.351. The molecule has 74 valence electrons. The molecule has 0 spiro atoms. The van der Waals surface area contributed by atoms with Crippen LogP contribution in [0.3, 0.4) is 0 Å². The van der Waals surface area contributed by atoms with Crippen molar-refractivity contribution in [3.8, 4) is 0 Å². The first-order valence-corrected chi connectivity index (χ1v) is 5.83. The molecule has 1 heterocycles. The average molecular weight is 231 g/mol. The lowest BCUT2D eigenvalue weighted by Crippen LogP contribution is -2.00. The molecule has 1 aromatic heterocycles. The van der Waals surface area contributed by atoms with E-state index in [9.17, 15) is 13.2 Å². The van der Waals surface area contributed by atoms with Crippen molar-refractivity contribution in [1.82, 2.24) is 4.37 Å². The molecule has 5 nitrogen and oxygen atoms in total. The molecule has 7 heteroatoms. The van der Waals surface area contributed by atoms with Gasteiger partial charge < -0.3 is 0 Å². The third kappa shape index (κ3) is 1.45. The Bertz CT molecular complexity index is 637. The van der Waals surface area contributed by atoms with Crippen molar-refractivity contribution in [2.75, 3.05) is 0 Å². The number of benzene rings is 1. The Hall–Kier alpha value is -1.18. The van der Waals surface area contributed by atoms with Gasteiger partial charge in [-0.25, -0.2) is 0 Å². The Morgan fingerprint density at radius 1 is 1.36 bits per heavy atom. The SMILES string of the molecule is O=c1[nH]sc2ccc(S(=O)(=O)O)cc12. The van der Waals surface area contributed by atoms with Crippen LogP contribution < -0.4 is 5.56 Å². The van der Waals surface area contributed by atoms with Gasteiger partial charge in [0.25, 0.3) is 15.7 Å². The summed E-state index contributed by atoms with van der Waals surface area (Å²) in [7, 11) is -4.24. The predicted molar refractivity (Wildman–Crippen MR) is 52.3 cm³/mol. The maximum atomic E-state index is 11.1. The first-order valence-electron chi connectivity index (χ1n) is 3.57. The number of aromatic amines is 1. The van der Waals surface area contributed by atoms with Gasteiger partial charge in [-0.2, -0.15) is 8.42 Å². The molecule has 2 aromatic rings. The molecule has 2 N–H and O–H groups in total. The summed E-state index contributed by atoms with van der Waals surface area (Å²) in [5.74, 6) is 0. The van der Waals surface area contributed by atoms with Crippen LogP contribution in [0.1, 0.15) is 0 Å². The van der Waals surface area contributed by atoms with E-state index < -0.39 is 10.1 Å². The van der Waals surface area contributed by atoms with E-state index in [-0.39, 0.29) is 15.8 Å². The largest absolute Gasteiger partial charge is 0.294 e. The summed E-state index contributed by atoms with van der Waals surface area (Å²) in [6.07, 6.45) is 0. The van der Waals surface area contributed by atoms with Gasteiger partial charge in [-0.3, -0.25) is 13.7 Å². The summed E-state index contributed by atoms with van der Waals surface area (Å²) >= 11 is 1.12. The number of nitrogens with one attached hydrogen (secondary N) is 1. The van der Waals surface area contributed by atoms with Crippen LogP contribution in [0, 0.1) is 0 Å². The zero-order valence-corrected chi connectivity index (χ0v) is 8.35. The monoisotopic (exact) mass is 231 g/mol. The third-order valence-corrected chi connectivity index (χ3v) is 3.46. The highest BCUT2D eigenvalue weighted by molar-refractivity contribution is 7.85. The molecular formula is C7H5NO4S2. The number of aromatic nitrogens is 1. The summed E-state index contributed by atoms with van der Waals surface area (Å²) in [5, 5.41) is 0.269. The molecule has 0 amide bonds. The smallest absolute Gasteiger partial charge is 0.282 e. The molecule has 14 heavy (non-hydrogen) atoms. The van der Waals surface area contributed by atoms with Crippen LogP contribution in [0.25, 0.3) is 10.1 Å². The van der Waals surface area contributed by atoms with Gasteiger partial charge in [0, 0.05) is 0 Å². The van der Waals surface area contributed by atoms with Crippen molar-refractivity contribution in [2.24, 2.45) is 0 Å². The zero-order valence-electron chi connectivity index (χ0n) is 6.72. The number of hydrogen-bond donors (Lipinski definition) is 2. The summed E-state index contributed by atoms with van der Waals surface area (Å²) in [6.45, 7) is 0. The van der Waals surface area contributed by atoms with Crippen molar-refractivity contribution >= 4 is 31.7 Å². The summed E-state index contributed by atoms with van der Waals surface area (Å²) < 4.78 is 33.4. The maximum absolute atomic E-state index is 11.1. The van der Waals surface area contributed by atoms with Crippen molar-refractivity contribution in [1.29, 1.82) is 0 Å². The topological polar surface area (TPSA) is 87.2 Å². The van der Waals surface area contributed by atoms with E-state index in [2.05, 4.69) is 4.37 Å². The molecule has 0 aliphatic heterocycles. The highest BCUT2D eigenvalue weighted by atomic mass is 32.2. The minimum absolute atomic E-state index is 0.269. The molecule has 1 aromatic carbocycles. The normalized spacial score (nSPS) is 12.1. The molecule has 0 saturated heterocycles. The second-order valence-corrected chi connectivity index (χ2v) is 4.94. The Labute approximate surface area is 82.9 Å². The van der Waals surface area contributed by atoms with Crippen molar-refractivity contribution in [2.45, 2.75) is 4.90 Å². The van der Waals surface area contributed by atoms with Crippen LogP contribution >= 0.6 is 11.5 Å². The van der Waals surface area contributed by atoms with Crippen LogP contribution in [0.4, 0.5) is 0 Å². The molecule has 0 bridgehead atoms. The standard InChI is InChI=1S/C7H5NO4S2/c9-7-5-3-4(14(10,11)12)1-2-6(5)13-8-7/h1-3H,(H,8,9)(H,10,11,12). The lowest BCUT2D eigenvalue weighted by atomic mass is 10.3. The second-order valence-electron chi connectivity index (χ2n) is 2.67. The molecule has 0 aliphatic rings. The fourth-order valence-corrected chi connectivity index (χ4v) is 2.31. The van der Waals surface area contributed by atoms with Crippen molar-refractivity contribution in [3.05, 3.63) is 28.6 Å². The van der Waals surface area contributed by atoms with E-state index in [0.29, 0.717) is 4.70 Å².